The molecule has 0 atom stereocenters. The minimum Gasteiger partial charge on any atom is -0.485 e. The molecule has 3 heterocycles. The fourth-order valence-electron chi connectivity index (χ4n) is 3.49. The number of amides is 2. The van der Waals surface area contributed by atoms with Crippen molar-refractivity contribution in [1.29, 1.82) is 0 Å². The number of para-hydroxylation sites is 2. The highest BCUT2D eigenvalue weighted by Gasteiger charge is 2.15. The molecule has 0 fully saturated rings. The summed E-state index contributed by atoms with van der Waals surface area (Å²) in [6, 6.07) is 16.9. The van der Waals surface area contributed by atoms with Gasteiger partial charge in [-0.25, -0.2) is 9.78 Å². The van der Waals surface area contributed by atoms with Gasteiger partial charge in [-0.2, -0.15) is 0 Å². The normalized spacial score (nSPS) is 11.9. The van der Waals surface area contributed by atoms with Crippen LogP contribution in [0.25, 0.3) is 5.65 Å². The van der Waals surface area contributed by atoms with E-state index in [0.29, 0.717) is 40.0 Å². The van der Waals surface area contributed by atoms with Crippen LogP contribution in [0.4, 0.5) is 16.2 Å². The number of nitrogens with one attached hydrogen (secondary N) is 2. The number of hydrogen-bond donors (Lipinski definition) is 2. The lowest BCUT2D eigenvalue weighted by Gasteiger charge is -2.13. The van der Waals surface area contributed by atoms with Gasteiger partial charge in [0, 0.05) is 24.0 Å². The minimum absolute atomic E-state index is 0.0720. The predicted molar refractivity (Wildman–Crippen MR) is 122 cm³/mol. The molecule has 0 aliphatic carbocycles. The van der Waals surface area contributed by atoms with E-state index >= 15 is 0 Å². The van der Waals surface area contributed by atoms with Gasteiger partial charge >= 0.3 is 6.03 Å². The molecule has 166 valence electrons. The van der Waals surface area contributed by atoms with E-state index < -0.39 is 6.03 Å². The highest BCUT2D eigenvalue weighted by molar-refractivity contribution is 6.00. The molecule has 2 aromatic heterocycles. The third kappa shape index (κ3) is 4.29. The van der Waals surface area contributed by atoms with Crippen molar-refractivity contribution in [2.75, 3.05) is 17.4 Å². The van der Waals surface area contributed by atoms with Crippen molar-refractivity contribution in [3.05, 3.63) is 88.5 Å². The van der Waals surface area contributed by atoms with Crippen LogP contribution in [0, 0.1) is 6.92 Å². The molecule has 2 aromatic carbocycles. The fourth-order valence-corrected chi connectivity index (χ4v) is 3.49. The summed E-state index contributed by atoms with van der Waals surface area (Å²) in [6.07, 6.45) is 1.68. The van der Waals surface area contributed by atoms with Gasteiger partial charge in [-0.1, -0.05) is 18.2 Å². The lowest BCUT2D eigenvalue weighted by Crippen LogP contribution is -2.20. The van der Waals surface area contributed by atoms with Crippen molar-refractivity contribution < 1.29 is 19.0 Å². The van der Waals surface area contributed by atoms with E-state index in [2.05, 4.69) is 15.6 Å². The van der Waals surface area contributed by atoms with Crippen LogP contribution in [0.15, 0.2) is 71.7 Å². The molecule has 0 bridgehead atoms. The lowest BCUT2D eigenvalue weighted by atomic mass is 10.2. The number of carbonyl (C=O) groups is 1. The number of aromatic nitrogens is 2. The molecule has 0 saturated heterocycles. The van der Waals surface area contributed by atoms with E-state index in [1.165, 1.54) is 10.5 Å². The average molecular weight is 444 g/mol. The number of urea groups is 1. The molecule has 33 heavy (non-hydrogen) atoms. The zero-order chi connectivity index (χ0) is 22.8. The summed E-state index contributed by atoms with van der Waals surface area (Å²) in [7, 11) is 0. The number of ether oxygens (including phenoxy) is 3. The first-order valence-corrected chi connectivity index (χ1v) is 10.2. The number of pyridine rings is 1. The average Bonchev–Trinajstić information content (AvgIpc) is 3.27. The Balaban J connectivity index is 1.29. The maximum Gasteiger partial charge on any atom is 0.323 e. The zero-order valence-electron chi connectivity index (χ0n) is 17.7. The third-order valence-electron chi connectivity index (χ3n) is 5.08. The molecule has 1 aliphatic heterocycles. The number of carbonyl (C=O) groups excluding carboxylic acids is 1. The lowest BCUT2D eigenvalue weighted by molar-refractivity contribution is 0.174. The largest absolute Gasteiger partial charge is 0.485 e. The molecule has 9 nitrogen and oxygen atoms in total. The Hall–Kier alpha value is -4.53. The Bertz CT molecular complexity index is 1420. The molecular formula is C24H20N4O5. The molecule has 2 amide bonds. The molecule has 9 heteroatoms. The first-order valence-electron chi connectivity index (χ1n) is 10.2. The van der Waals surface area contributed by atoms with Crippen molar-refractivity contribution in [2.24, 2.45) is 0 Å². The Morgan fingerprint density at radius 2 is 1.91 bits per heavy atom. The molecule has 0 radical (unpaired) electrons. The van der Waals surface area contributed by atoms with Crippen LogP contribution in [-0.2, 0) is 6.61 Å². The smallest absolute Gasteiger partial charge is 0.323 e. The van der Waals surface area contributed by atoms with Crippen LogP contribution < -0.4 is 30.4 Å². The molecular weight excluding hydrogens is 424 g/mol. The van der Waals surface area contributed by atoms with Crippen molar-refractivity contribution in [2.45, 2.75) is 13.5 Å². The first-order chi connectivity index (χ1) is 16.1. The number of aryl methyl sites for hydroxylation is 1. The van der Waals surface area contributed by atoms with Crippen LogP contribution in [0.3, 0.4) is 0 Å². The molecule has 5 rings (SSSR count). The summed E-state index contributed by atoms with van der Waals surface area (Å²) < 4.78 is 18.0. The molecule has 1 aliphatic rings. The van der Waals surface area contributed by atoms with Gasteiger partial charge in [0.2, 0.25) is 6.79 Å². The van der Waals surface area contributed by atoms with E-state index in [9.17, 15) is 9.59 Å². The number of rotatable bonds is 5. The fraction of sp³-hybridized carbons (Fsp3) is 0.125. The van der Waals surface area contributed by atoms with E-state index in [-0.39, 0.29) is 19.0 Å². The Labute approximate surface area is 188 Å². The third-order valence-corrected chi connectivity index (χ3v) is 5.08. The van der Waals surface area contributed by atoms with Crippen molar-refractivity contribution in [3.8, 4) is 17.2 Å². The highest BCUT2D eigenvalue weighted by atomic mass is 16.7. The Morgan fingerprint density at radius 3 is 2.82 bits per heavy atom. The quantitative estimate of drug-likeness (QED) is 0.483. The van der Waals surface area contributed by atoms with E-state index in [1.807, 2.05) is 13.0 Å². The molecule has 2 N–H and O–H groups in total. The van der Waals surface area contributed by atoms with Gasteiger partial charge in [-0.15, -0.1) is 0 Å². The van der Waals surface area contributed by atoms with Crippen LogP contribution in [0.2, 0.25) is 0 Å². The van der Waals surface area contributed by atoms with Gasteiger partial charge in [-0.3, -0.25) is 9.20 Å². The summed E-state index contributed by atoms with van der Waals surface area (Å²) in [5, 5.41) is 5.54. The van der Waals surface area contributed by atoms with Crippen molar-refractivity contribution in [1.82, 2.24) is 9.38 Å². The maximum atomic E-state index is 12.5. The predicted octanol–water partition coefficient (Wildman–Crippen LogP) is 3.95. The van der Waals surface area contributed by atoms with Crippen LogP contribution in [-0.4, -0.2) is 22.2 Å². The Kier molecular flexibility index (Phi) is 5.27. The van der Waals surface area contributed by atoms with E-state index in [1.54, 1.807) is 54.7 Å². The minimum atomic E-state index is -0.442. The van der Waals surface area contributed by atoms with Crippen LogP contribution in [0.1, 0.15) is 11.3 Å². The van der Waals surface area contributed by atoms with Gasteiger partial charge in [0.15, 0.2) is 11.5 Å². The summed E-state index contributed by atoms with van der Waals surface area (Å²) in [4.78, 5) is 29.5. The summed E-state index contributed by atoms with van der Waals surface area (Å²) in [6.45, 7) is 2.13. The summed E-state index contributed by atoms with van der Waals surface area (Å²) >= 11 is 0. The second kappa shape index (κ2) is 8.54. The van der Waals surface area contributed by atoms with E-state index in [0.717, 1.165) is 5.56 Å². The van der Waals surface area contributed by atoms with Crippen molar-refractivity contribution >= 4 is 23.1 Å². The van der Waals surface area contributed by atoms with Crippen LogP contribution >= 0.6 is 0 Å². The number of anilines is 2. The SMILES string of the molecule is Cc1cccn2c(=O)cc(COc3ccccc3NC(=O)Nc3ccc4c(c3)OCO4)nc12. The first kappa shape index (κ1) is 20.4. The van der Waals surface area contributed by atoms with Gasteiger partial charge < -0.3 is 24.8 Å². The number of hydrogen-bond acceptors (Lipinski definition) is 6. The molecule has 0 spiro atoms. The Morgan fingerprint density at radius 1 is 1.06 bits per heavy atom. The number of fused-ring (bicyclic) bond motifs is 2. The standard InChI is InChI=1S/C24H20N4O5/c1-15-5-4-10-28-22(29)12-17(25-23(15)28)13-31-19-7-3-2-6-18(19)27-24(30)26-16-8-9-20-21(11-16)33-14-32-20/h2-12H,13-14H2,1H3,(H2,26,27,30). The highest BCUT2D eigenvalue weighted by Crippen LogP contribution is 2.34. The molecule has 0 saturated carbocycles. The maximum absolute atomic E-state index is 12.5. The second-order valence-electron chi connectivity index (χ2n) is 7.40. The number of nitrogens with zero attached hydrogens (tertiary/aromatic N) is 2. The molecule has 0 unspecified atom stereocenters. The van der Waals surface area contributed by atoms with Gasteiger partial charge in [-0.05, 0) is 42.8 Å². The monoisotopic (exact) mass is 444 g/mol. The number of benzene rings is 2. The molecule has 4 aromatic rings. The summed E-state index contributed by atoms with van der Waals surface area (Å²) in [5.41, 5.74) is 2.82. The topological polar surface area (TPSA) is 103 Å². The van der Waals surface area contributed by atoms with Gasteiger partial charge in [0.25, 0.3) is 5.56 Å². The summed E-state index contributed by atoms with van der Waals surface area (Å²) in [5.74, 6) is 1.66. The van der Waals surface area contributed by atoms with Crippen LogP contribution in [0.5, 0.6) is 17.2 Å². The second-order valence-corrected chi connectivity index (χ2v) is 7.40. The van der Waals surface area contributed by atoms with Gasteiger partial charge in [0.1, 0.15) is 18.0 Å². The van der Waals surface area contributed by atoms with Crippen molar-refractivity contribution in [3.63, 3.8) is 0 Å². The van der Waals surface area contributed by atoms with Gasteiger partial charge in [0.05, 0.1) is 11.4 Å². The van der Waals surface area contributed by atoms with E-state index in [4.69, 9.17) is 14.2 Å². The zero-order valence-corrected chi connectivity index (χ0v) is 17.7.